The van der Waals surface area contributed by atoms with Crippen LogP contribution in [0.5, 0.6) is 0 Å². The van der Waals surface area contributed by atoms with Crippen molar-refractivity contribution >= 4 is 39.8 Å². The highest BCUT2D eigenvalue weighted by molar-refractivity contribution is 9.10. The van der Waals surface area contributed by atoms with E-state index in [0.29, 0.717) is 6.04 Å². The third kappa shape index (κ3) is 4.10. The number of nitrogen functional groups attached to an aromatic ring is 1. The summed E-state index contributed by atoms with van der Waals surface area (Å²) >= 11 is 2.95. The molecular weight excluding hydrogens is 360 g/mol. The Morgan fingerprint density at radius 1 is 1.40 bits per heavy atom. The number of anilines is 1. The van der Waals surface area contributed by atoms with Crippen LogP contribution < -0.4 is 11.1 Å². The molecule has 3 nitrogen and oxygen atoms in total. The van der Waals surface area contributed by atoms with Crippen LogP contribution in [0.1, 0.15) is 28.8 Å². The molecule has 1 aromatic carbocycles. The molecule has 0 spiro atoms. The van der Waals surface area contributed by atoms with E-state index in [9.17, 15) is 18.0 Å². The van der Waals surface area contributed by atoms with Crippen molar-refractivity contribution in [2.24, 2.45) is 0 Å². The van der Waals surface area contributed by atoms with Crippen LogP contribution in [0.4, 0.5) is 18.9 Å². The van der Waals surface area contributed by atoms with Crippen molar-refractivity contribution in [3.8, 4) is 0 Å². The van der Waals surface area contributed by atoms with Crippen LogP contribution in [-0.4, -0.2) is 18.4 Å². The van der Waals surface area contributed by atoms with E-state index in [4.69, 9.17) is 5.73 Å². The van der Waals surface area contributed by atoms with Gasteiger partial charge in [0.1, 0.15) is 0 Å². The fourth-order valence-electron chi connectivity index (χ4n) is 1.64. The Kier molecular flexibility index (Phi) is 5.46. The first kappa shape index (κ1) is 17.3. The fraction of sp³-hybridized carbons (Fsp3) is 0.417. The van der Waals surface area contributed by atoms with E-state index < -0.39 is 17.4 Å². The summed E-state index contributed by atoms with van der Waals surface area (Å²) in [5, 5.41) is 2.97. The molecule has 1 aliphatic rings. The number of nitrogens with one attached hydrogen (secondary N) is 1. The number of benzene rings is 1. The van der Waals surface area contributed by atoms with Crippen LogP contribution >= 0.6 is 28.3 Å². The molecule has 0 unspecified atom stereocenters. The van der Waals surface area contributed by atoms with E-state index in [1.54, 1.807) is 0 Å². The van der Waals surface area contributed by atoms with Gasteiger partial charge < -0.3 is 11.1 Å². The quantitative estimate of drug-likeness (QED) is 0.628. The molecule has 1 aromatic rings. The summed E-state index contributed by atoms with van der Waals surface area (Å²) in [5.41, 5.74) is 3.98. The molecule has 112 valence electrons. The van der Waals surface area contributed by atoms with Gasteiger partial charge >= 0.3 is 6.18 Å². The summed E-state index contributed by atoms with van der Waals surface area (Å²) in [6, 6.07) is 2.45. The Bertz CT molecular complexity index is 518. The standard InChI is InChI=1S/C12H12BrF3N2O.ClH/c13-9-4-6(10(19)5-18-7-1-2-7)3-8(11(9)17)12(14,15)16;/h3-4,7,18H,1-2,5,17H2;1H. The second kappa shape index (κ2) is 6.32. The minimum atomic E-state index is -4.58. The molecule has 1 fully saturated rings. The lowest BCUT2D eigenvalue weighted by Crippen LogP contribution is -2.25. The maximum Gasteiger partial charge on any atom is 0.418 e. The number of hydrogen-bond donors (Lipinski definition) is 2. The van der Waals surface area contributed by atoms with E-state index >= 15 is 0 Å². The third-order valence-corrected chi connectivity index (χ3v) is 3.54. The summed E-state index contributed by atoms with van der Waals surface area (Å²) in [6.07, 6.45) is -2.56. The summed E-state index contributed by atoms with van der Waals surface area (Å²) in [6.45, 7) is 0.0400. The number of carbonyl (C=O) groups excluding carboxylic acids is 1. The number of alkyl halides is 3. The number of Topliss-reactive ketones (excluding diaryl/α,β-unsaturated/α-hetero) is 1. The lowest BCUT2D eigenvalue weighted by Gasteiger charge is -2.13. The second-order valence-electron chi connectivity index (χ2n) is 4.50. The highest BCUT2D eigenvalue weighted by atomic mass is 79.9. The van der Waals surface area contributed by atoms with E-state index in [1.807, 2.05) is 0 Å². The number of rotatable bonds is 4. The van der Waals surface area contributed by atoms with Crippen molar-refractivity contribution in [2.75, 3.05) is 12.3 Å². The third-order valence-electron chi connectivity index (χ3n) is 2.89. The molecule has 0 aromatic heterocycles. The molecule has 0 atom stereocenters. The first-order chi connectivity index (χ1) is 8.79. The van der Waals surface area contributed by atoms with Gasteiger partial charge in [-0.2, -0.15) is 13.2 Å². The van der Waals surface area contributed by atoms with E-state index in [2.05, 4.69) is 21.2 Å². The van der Waals surface area contributed by atoms with Gasteiger partial charge in [0.2, 0.25) is 0 Å². The van der Waals surface area contributed by atoms with Crippen LogP contribution in [0.25, 0.3) is 0 Å². The van der Waals surface area contributed by atoms with Crippen LogP contribution in [0, 0.1) is 0 Å². The van der Waals surface area contributed by atoms with Crippen molar-refractivity contribution in [3.05, 3.63) is 27.7 Å². The largest absolute Gasteiger partial charge is 0.418 e. The minimum Gasteiger partial charge on any atom is -0.397 e. The predicted octanol–water partition coefficient (Wildman–Crippen LogP) is 3.41. The fourth-order valence-corrected chi connectivity index (χ4v) is 2.10. The van der Waals surface area contributed by atoms with Crippen molar-refractivity contribution in [3.63, 3.8) is 0 Å². The molecule has 0 bridgehead atoms. The van der Waals surface area contributed by atoms with Gasteiger partial charge in [-0.25, -0.2) is 0 Å². The normalized spacial score (nSPS) is 14.8. The number of carbonyl (C=O) groups is 1. The van der Waals surface area contributed by atoms with Crippen molar-refractivity contribution in [2.45, 2.75) is 25.1 Å². The Balaban J connectivity index is 0.00000200. The zero-order valence-corrected chi connectivity index (χ0v) is 12.7. The molecule has 0 saturated heterocycles. The molecule has 8 heteroatoms. The molecule has 0 amide bonds. The molecule has 20 heavy (non-hydrogen) atoms. The van der Waals surface area contributed by atoms with Crippen molar-refractivity contribution < 1.29 is 18.0 Å². The summed E-state index contributed by atoms with van der Waals surface area (Å²) in [4.78, 5) is 11.8. The average Bonchev–Trinajstić information content (AvgIpc) is 3.11. The smallest absolute Gasteiger partial charge is 0.397 e. The molecule has 2 rings (SSSR count). The lowest BCUT2D eigenvalue weighted by atomic mass is 10.0. The molecule has 0 heterocycles. The highest BCUT2D eigenvalue weighted by Gasteiger charge is 2.34. The van der Waals surface area contributed by atoms with E-state index in [1.165, 1.54) is 6.07 Å². The molecule has 0 aliphatic heterocycles. The molecule has 3 N–H and O–H groups in total. The first-order valence-corrected chi connectivity index (χ1v) is 6.51. The van der Waals surface area contributed by atoms with E-state index in [-0.39, 0.29) is 34.8 Å². The Labute approximate surface area is 128 Å². The molecule has 1 aliphatic carbocycles. The SMILES string of the molecule is Cl.Nc1c(Br)cc(C(=O)CNC2CC2)cc1C(F)(F)F. The Morgan fingerprint density at radius 3 is 2.50 bits per heavy atom. The van der Waals surface area contributed by atoms with Crippen molar-refractivity contribution in [1.82, 2.24) is 5.32 Å². The predicted molar refractivity (Wildman–Crippen MR) is 76.2 cm³/mol. The Morgan fingerprint density at radius 2 is 2.00 bits per heavy atom. The molecule has 1 saturated carbocycles. The lowest BCUT2D eigenvalue weighted by molar-refractivity contribution is -0.136. The average molecular weight is 374 g/mol. The van der Waals surface area contributed by atoms with Gasteiger partial charge in [-0.15, -0.1) is 12.4 Å². The Hall–Kier alpha value is -0.790. The number of hydrogen-bond acceptors (Lipinski definition) is 3. The summed E-state index contributed by atoms with van der Waals surface area (Å²) in [7, 11) is 0. The van der Waals surface area contributed by atoms with Gasteiger partial charge in [-0.05, 0) is 40.9 Å². The highest BCUT2D eigenvalue weighted by Crippen LogP contribution is 2.38. The van der Waals surface area contributed by atoms with Crippen LogP contribution in [0.2, 0.25) is 0 Å². The zero-order chi connectivity index (χ0) is 14.2. The maximum absolute atomic E-state index is 12.8. The monoisotopic (exact) mass is 372 g/mol. The zero-order valence-electron chi connectivity index (χ0n) is 10.3. The maximum atomic E-state index is 12.8. The van der Waals surface area contributed by atoms with Crippen molar-refractivity contribution in [1.29, 1.82) is 0 Å². The van der Waals surface area contributed by atoms with Gasteiger partial charge in [-0.1, -0.05) is 0 Å². The van der Waals surface area contributed by atoms with E-state index in [0.717, 1.165) is 18.9 Å². The topological polar surface area (TPSA) is 55.1 Å². The van der Waals surface area contributed by atoms with Crippen LogP contribution in [-0.2, 0) is 6.18 Å². The first-order valence-electron chi connectivity index (χ1n) is 5.72. The summed E-state index contributed by atoms with van der Waals surface area (Å²) < 4.78 is 38.4. The number of halogens is 5. The summed E-state index contributed by atoms with van der Waals surface area (Å²) in [5.74, 6) is -0.377. The van der Waals surface area contributed by atoms with Crippen LogP contribution in [0.3, 0.4) is 0 Å². The molecule has 0 radical (unpaired) electrons. The van der Waals surface area contributed by atoms with Crippen LogP contribution in [0.15, 0.2) is 16.6 Å². The number of ketones is 1. The van der Waals surface area contributed by atoms with Gasteiger partial charge in [0.15, 0.2) is 5.78 Å². The minimum absolute atomic E-state index is 0. The van der Waals surface area contributed by atoms with Gasteiger partial charge in [-0.3, -0.25) is 4.79 Å². The molecular formula is C12H13BrClF3N2O. The van der Waals surface area contributed by atoms with Gasteiger partial charge in [0.05, 0.1) is 17.8 Å². The number of nitrogens with two attached hydrogens (primary N) is 1. The van der Waals surface area contributed by atoms with Gasteiger partial charge in [0, 0.05) is 16.1 Å². The van der Waals surface area contributed by atoms with Gasteiger partial charge in [0.25, 0.3) is 0 Å². The second-order valence-corrected chi connectivity index (χ2v) is 5.35.